The van der Waals surface area contributed by atoms with Crippen LogP contribution in [-0.2, 0) is 4.79 Å². The van der Waals surface area contributed by atoms with E-state index >= 15 is 0 Å². The summed E-state index contributed by atoms with van der Waals surface area (Å²) in [5.41, 5.74) is 0.0643. The van der Waals surface area contributed by atoms with Crippen molar-refractivity contribution in [2.45, 2.75) is 12.8 Å². The van der Waals surface area contributed by atoms with Crippen LogP contribution in [0, 0.1) is 11.2 Å². The third kappa shape index (κ3) is 1.80. The van der Waals surface area contributed by atoms with Gasteiger partial charge in [0.25, 0.3) is 0 Å². The Hall–Kier alpha value is -1.42. The smallest absolute Gasteiger partial charge is 0.235 e. The fraction of sp³-hybridized carbons (Fsp3) is 0.417. The van der Waals surface area contributed by atoms with Crippen LogP contribution in [0.3, 0.4) is 0 Å². The number of carbonyl (C=O) groups is 1. The number of aliphatic hydroxyl groups is 1. The molecule has 1 amide bonds. The molecule has 1 aliphatic carbocycles. The molecule has 86 valence electrons. The molecule has 0 saturated heterocycles. The Morgan fingerprint density at radius 3 is 2.44 bits per heavy atom. The SMILES string of the molecule is CN(C(=O)C1(CO)CC1)c1ccc(F)cc1. The number of halogens is 1. The summed E-state index contributed by atoms with van der Waals surface area (Å²) in [5.74, 6) is -0.422. The number of hydrogen-bond acceptors (Lipinski definition) is 2. The van der Waals surface area contributed by atoms with E-state index in [1.807, 2.05) is 0 Å². The van der Waals surface area contributed by atoms with Crippen LogP contribution in [0.5, 0.6) is 0 Å². The van der Waals surface area contributed by atoms with Crippen molar-refractivity contribution in [3.05, 3.63) is 30.1 Å². The summed E-state index contributed by atoms with van der Waals surface area (Å²) in [7, 11) is 1.64. The highest BCUT2D eigenvalue weighted by atomic mass is 19.1. The van der Waals surface area contributed by atoms with E-state index in [-0.39, 0.29) is 18.3 Å². The van der Waals surface area contributed by atoms with Gasteiger partial charge in [0.2, 0.25) is 5.91 Å². The number of rotatable bonds is 3. The molecule has 0 spiro atoms. The van der Waals surface area contributed by atoms with Gasteiger partial charge in [0.15, 0.2) is 0 Å². The van der Waals surface area contributed by atoms with E-state index < -0.39 is 5.41 Å². The van der Waals surface area contributed by atoms with Crippen molar-refractivity contribution >= 4 is 11.6 Å². The molecule has 16 heavy (non-hydrogen) atoms. The van der Waals surface area contributed by atoms with Crippen molar-refractivity contribution in [3.8, 4) is 0 Å². The van der Waals surface area contributed by atoms with Crippen LogP contribution >= 0.6 is 0 Å². The van der Waals surface area contributed by atoms with Gasteiger partial charge in [0.05, 0.1) is 12.0 Å². The Bertz CT molecular complexity index is 398. The topological polar surface area (TPSA) is 40.5 Å². The Balaban J connectivity index is 2.16. The van der Waals surface area contributed by atoms with Gasteiger partial charge in [-0.05, 0) is 37.1 Å². The predicted molar refractivity (Wildman–Crippen MR) is 58.6 cm³/mol. The maximum Gasteiger partial charge on any atom is 0.235 e. The van der Waals surface area contributed by atoms with E-state index in [0.29, 0.717) is 5.69 Å². The average molecular weight is 223 g/mol. The molecular formula is C12H14FNO2. The standard InChI is InChI=1S/C12H14FNO2/c1-14(10-4-2-9(13)3-5-10)11(16)12(8-15)6-7-12/h2-5,15H,6-8H2,1H3. The van der Waals surface area contributed by atoms with Gasteiger partial charge in [-0.15, -0.1) is 0 Å². The van der Waals surface area contributed by atoms with Gasteiger partial charge in [0, 0.05) is 12.7 Å². The van der Waals surface area contributed by atoms with Crippen molar-refractivity contribution in [1.29, 1.82) is 0 Å². The lowest BCUT2D eigenvalue weighted by Gasteiger charge is -2.22. The first-order valence-electron chi connectivity index (χ1n) is 5.24. The number of hydrogen-bond donors (Lipinski definition) is 1. The van der Waals surface area contributed by atoms with Crippen molar-refractivity contribution < 1.29 is 14.3 Å². The highest BCUT2D eigenvalue weighted by Gasteiger charge is 2.50. The van der Waals surface area contributed by atoms with Gasteiger partial charge in [0.1, 0.15) is 5.82 Å². The number of carbonyl (C=O) groups excluding carboxylic acids is 1. The molecule has 0 unspecified atom stereocenters. The molecule has 4 heteroatoms. The molecule has 0 radical (unpaired) electrons. The van der Waals surface area contributed by atoms with Gasteiger partial charge in [-0.3, -0.25) is 4.79 Å². The minimum atomic E-state index is -0.580. The molecule has 1 saturated carbocycles. The lowest BCUT2D eigenvalue weighted by Crippen LogP contribution is -2.36. The lowest BCUT2D eigenvalue weighted by molar-refractivity contribution is -0.124. The Morgan fingerprint density at radius 1 is 1.44 bits per heavy atom. The largest absolute Gasteiger partial charge is 0.395 e. The maximum atomic E-state index is 12.7. The Kier molecular flexibility index (Phi) is 2.68. The van der Waals surface area contributed by atoms with E-state index in [1.165, 1.54) is 17.0 Å². The van der Waals surface area contributed by atoms with E-state index in [9.17, 15) is 9.18 Å². The van der Waals surface area contributed by atoms with Crippen LogP contribution in [0.2, 0.25) is 0 Å². The zero-order valence-electron chi connectivity index (χ0n) is 9.11. The van der Waals surface area contributed by atoms with Crippen molar-refractivity contribution in [1.82, 2.24) is 0 Å². The average Bonchev–Trinajstić information content (AvgIpc) is 3.09. The summed E-state index contributed by atoms with van der Waals surface area (Å²) in [4.78, 5) is 13.5. The fourth-order valence-corrected chi connectivity index (χ4v) is 1.73. The number of aliphatic hydroxyl groups excluding tert-OH is 1. The highest BCUT2D eigenvalue weighted by molar-refractivity contribution is 5.98. The van der Waals surface area contributed by atoms with Crippen LogP contribution < -0.4 is 4.90 Å². The molecule has 1 aliphatic rings. The molecule has 1 aromatic rings. The second-order valence-electron chi connectivity index (χ2n) is 4.28. The first-order chi connectivity index (χ1) is 7.59. The van der Waals surface area contributed by atoms with E-state index in [0.717, 1.165) is 12.8 Å². The van der Waals surface area contributed by atoms with Crippen molar-refractivity contribution in [3.63, 3.8) is 0 Å². The molecule has 0 atom stereocenters. The lowest BCUT2D eigenvalue weighted by atomic mass is 10.1. The van der Waals surface area contributed by atoms with Crippen LogP contribution in [-0.4, -0.2) is 24.7 Å². The second-order valence-corrected chi connectivity index (χ2v) is 4.28. The highest BCUT2D eigenvalue weighted by Crippen LogP contribution is 2.46. The summed E-state index contributed by atoms with van der Waals surface area (Å²) in [6, 6.07) is 5.75. The number of anilines is 1. The summed E-state index contributed by atoms with van der Waals surface area (Å²) >= 11 is 0. The quantitative estimate of drug-likeness (QED) is 0.844. The molecule has 0 bridgehead atoms. The van der Waals surface area contributed by atoms with E-state index in [2.05, 4.69) is 0 Å². The Morgan fingerprint density at radius 2 is 2.00 bits per heavy atom. The zero-order chi connectivity index (χ0) is 11.8. The molecule has 0 heterocycles. The van der Waals surface area contributed by atoms with Crippen molar-refractivity contribution in [2.75, 3.05) is 18.6 Å². The first-order valence-corrected chi connectivity index (χ1v) is 5.24. The number of nitrogens with zero attached hydrogens (tertiary/aromatic N) is 1. The minimum absolute atomic E-state index is 0.0957. The third-order valence-corrected chi connectivity index (χ3v) is 3.13. The zero-order valence-corrected chi connectivity index (χ0v) is 9.11. The number of amides is 1. The van der Waals surface area contributed by atoms with Gasteiger partial charge < -0.3 is 10.0 Å². The van der Waals surface area contributed by atoms with Gasteiger partial charge in [-0.2, -0.15) is 0 Å². The predicted octanol–water partition coefficient (Wildman–Crippen LogP) is 1.56. The molecule has 0 aromatic heterocycles. The molecule has 1 N–H and O–H groups in total. The number of benzene rings is 1. The molecule has 3 nitrogen and oxygen atoms in total. The molecule has 1 fully saturated rings. The maximum absolute atomic E-state index is 12.7. The molecule has 2 rings (SSSR count). The summed E-state index contributed by atoms with van der Waals surface area (Å²) in [6.45, 7) is -0.114. The minimum Gasteiger partial charge on any atom is -0.395 e. The fourth-order valence-electron chi connectivity index (χ4n) is 1.73. The van der Waals surface area contributed by atoms with Gasteiger partial charge >= 0.3 is 0 Å². The summed E-state index contributed by atoms with van der Waals surface area (Å²) in [6.07, 6.45) is 1.46. The van der Waals surface area contributed by atoms with E-state index in [1.54, 1.807) is 19.2 Å². The summed E-state index contributed by atoms with van der Waals surface area (Å²) < 4.78 is 12.7. The molecule has 0 aliphatic heterocycles. The first kappa shape index (κ1) is 11.1. The normalized spacial score (nSPS) is 16.9. The summed E-state index contributed by atoms with van der Waals surface area (Å²) in [5, 5.41) is 9.16. The monoisotopic (exact) mass is 223 g/mol. The van der Waals surface area contributed by atoms with Gasteiger partial charge in [-0.25, -0.2) is 4.39 Å². The molecule has 1 aromatic carbocycles. The van der Waals surface area contributed by atoms with Crippen LogP contribution in [0.15, 0.2) is 24.3 Å². The third-order valence-electron chi connectivity index (χ3n) is 3.13. The van der Waals surface area contributed by atoms with E-state index in [4.69, 9.17) is 5.11 Å². The Labute approximate surface area is 93.5 Å². The van der Waals surface area contributed by atoms with Crippen LogP contribution in [0.4, 0.5) is 10.1 Å². The van der Waals surface area contributed by atoms with Crippen LogP contribution in [0.25, 0.3) is 0 Å². The van der Waals surface area contributed by atoms with Crippen molar-refractivity contribution in [2.24, 2.45) is 5.41 Å². The van der Waals surface area contributed by atoms with Gasteiger partial charge in [-0.1, -0.05) is 0 Å². The second kappa shape index (κ2) is 3.87. The molecular weight excluding hydrogens is 209 g/mol. The van der Waals surface area contributed by atoms with Crippen LogP contribution in [0.1, 0.15) is 12.8 Å².